The lowest BCUT2D eigenvalue weighted by atomic mass is 10.1. The van der Waals surface area contributed by atoms with Crippen LogP contribution in [0.25, 0.3) is 0 Å². The first-order valence-electron chi connectivity index (χ1n) is 30.9. The minimum absolute atomic E-state index is 0.131. The minimum Gasteiger partial charge on any atom is -0.462 e. The van der Waals surface area contributed by atoms with E-state index >= 15 is 0 Å². The third kappa shape index (κ3) is 63.0. The van der Waals surface area contributed by atoms with E-state index in [4.69, 9.17) is 14.2 Å². The maximum absolute atomic E-state index is 12.9. The Kier molecular flexibility index (Phi) is 60.1. The average molecular weight is 1080 g/mol. The molecule has 0 radical (unpaired) electrons. The number of unbranched alkanes of at least 4 members (excludes halogenated alkanes) is 10. The SMILES string of the molecule is CC/C=C\C/C=C\C/C=C\C/C=C\C/C=C\C/C=C\CCCCC(=O)OC(COC(=O)CCC/C=C\C/C=C\C/C=C\C/C=C\C/C=C\CC)COC(=O)CCCCCCCCC/C=C\C/C=C\C/C=C\C/C=C\C/C=C\CC. The summed E-state index contributed by atoms with van der Waals surface area (Å²) in [5.74, 6) is -1.06. The number of hydrogen-bond donors (Lipinski definition) is 0. The summed E-state index contributed by atoms with van der Waals surface area (Å²) < 4.78 is 16.8. The first-order valence-corrected chi connectivity index (χ1v) is 30.9. The molecule has 0 aromatic heterocycles. The molecule has 0 rings (SSSR count). The fourth-order valence-corrected chi connectivity index (χ4v) is 7.57. The van der Waals surface area contributed by atoms with Crippen LogP contribution in [0.1, 0.15) is 226 Å². The molecule has 0 aliphatic heterocycles. The fourth-order valence-electron chi connectivity index (χ4n) is 7.57. The average Bonchev–Trinajstić information content (AvgIpc) is 3.45. The molecule has 0 saturated carbocycles. The summed E-state index contributed by atoms with van der Waals surface area (Å²) in [7, 11) is 0. The highest BCUT2D eigenvalue weighted by Crippen LogP contribution is 2.12. The molecule has 0 amide bonds. The lowest BCUT2D eigenvalue weighted by Gasteiger charge is -2.18. The van der Waals surface area contributed by atoms with Crippen molar-refractivity contribution in [1.29, 1.82) is 0 Å². The van der Waals surface area contributed by atoms with E-state index in [-0.39, 0.29) is 44.0 Å². The van der Waals surface area contributed by atoms with Crippen molar-refractivity contribution in [3.05, 3.63) is 194 Å². The number of carbonyl (C=O) groups excluding carboxylic acids is 3. The van der Waals surface area contributed by atoms with Gasteiger partial charge in [-0.3, -0.25) is 14.4 Å². The second kappa shape index (κ2) is 64.8. The summed E-state index contributed by atoms with van der Waals surface area (Å²) in [6, 6.07) is 0. The molecule has 6 nitrogen and oxygen atoms in total. The molecule has 0 spiro atoms. The molecule has 0 fully saturated rings. The molecular weight excluding hydrogens is 973 g/mol. The van der Waals surface area contributed by atoms with Gasteiger partial charge in [0, 0.05) is 19.3 Å². The Balaban J connectivity index is 4.60. The Morgan fingerprint density at radius 1 is 0.253 bits per heavy atom. The Morgan fingerprint density at radius 3 is 0.785 bits per heavy atom. The van der Waals surface area contributed by atoms with Crippen molar-refractivity contribution in [2.24, 2.45) is 0 Å². The summed E-state index contributed by atoms with van der Waals surface area (Å²) in [6.45, 7) is 6.19. The van der Waals surface area contributed by atoms with E-state index in [1.54, 1.807) is 0 Å². The van der Waals surface area contributed by atoms with Crippen LogP contribution in [0.5, 0.6) is 0 Å². The van der Waals surface area contributed by atoms with E-state index in [1.807, 2.05) is 0 Å². The van der Waals surface area contributed by atoms with Crippen LogP contribution in [0.15, 0.2) is 194 Å². The van der Waals surface area contributed by atoms with Crippen molar-refractivity contribution >= 4 is 17.9 Å². The van der Waals surface area contributed by atoms with Gasteiger partial charge in [0.05, 0.1) is 0 Å². The maximum atomic E-state index is 12.9. The smallest absolute Gasteiger partial charge is 0.306 e. The van der Waals surface area contributed by atoms with E-state index in [0.29, 0.717) is 19.3 Å². The number of carbonyl (C=O) groups is 3. The Labute approximate surface area is 484 Å². The molecule has 0 N–H and O–H groups in total. The van der Waals surface area contributed by atoms with Crippen LogP contribution in [0.2, 0.25) is 0 Å². The van der Waals surface area contributed by atoms with Crippen molar-refractivity contribution in [2.75, 3.05) is 13.2 Å². The molecule has 0 aromatic rings. The van der Waals surface area contributed by atoms with Gasteiger partial charge in [-0.1, -0.05) is 247 Å². The molecule has 1 atom stereocenters. The fraction of sp³-hybridized carbons (Fsp3) is 0.521. The van der Waals surface area contributed by atoms with Crippen molar-refractivity contribution in [3.63, 3.8) is 0 Å². The quantitative estimate of drug-likeness (QED) is 0.0261. The Hall–Kier alpha value is -5.75. The zero-order valence-corrected chi connectivity index (χ0v) is 50.0. The summed E-state index contributed by atoms with van der Waals surface area (Å²) in [5, 5.41) is 0. The van der Waals surface area contributed by atoms with Crippen LogP contribution in [-0.4, -0.2) is 37.2 Å². The van der Waals surface area contributed by atoms with Gasteiger partial charge < -0.3 is 14.2 Å². The molecule has 79 heavy (non-hydrogen) atoms. The molecule has 0 heterocycles. The minimum atomic E-state index is -0.843. The standard InChI is InChI=1S/C73H110O6/c1-4-7-10-13-16-19-22-25-28-31-33-35-36-38-39-42-45-48-51-54-57-60-63-66-72(75)78-69-70(68-77-71(74)65-62-59-56-53-50-47-44-41-30-27-24-21-18-15-12-9-6-3)79-73(76)67-64-61-58-55-52-49-46-43-40-37-34-32-29-26-23-20-17-14-11-8-5-2/h7-12,16-21,25-30,33-35,37-39,43-44,46-47,52-53,55-56,70H,4-6,13-15,22-24,31-32,36,40-42,45,48-51,54,57-69H2,1-3H3/b10-7-,11-8-,12-9-,19-16-,20-17-,21-18-,28-25-,29-26-,30-27-,35-33-,37-34-,39-38-,46-43-,47-44-,55-52-,56-53-. The normalized spacial score (nSPS) is 13.5. The van der Waals surface area contributed by atoms with Gasteiger partial charge in [0.25, 0.3) is 0 Å². The lowest BCUT2D eigenvalue weighted by molar-refractivity contribution is -0.167. The number of hydrogen-bond acceptors (Lipinski definition) is 6. The van der Waals surface area contributed by atoms with Crippen LogP contribution < -0.4 is 0 Å². The predicted octanol–water partition coefficient (Wildman–Crippen LogP) is 21.4. The van der Waals surface area contributed by atoms with Crippen LogP contribution in [-0.2, 0) is 28.6 Å². The van der Waals surface area contributed by atoms with Crippen molar-refractivity contribution in [1.82, 2.24) is 0 Å². The first-order chi connectivity index (χ1) is 39.0. The number of allylic oxidation sites excluding steroid dienone is 32. The molecule has 1 unspecified atom stereocenters. The lowest BCUT2D eigenvalue weighted by Crippen LogP contribution is -2.30. The highest BCUT2D eigenvalue weighted by molar-refractivity contribution is 5.71. The summed E-state index contributed by atoms with van der Waals surface area (Å²) in [5.41, 5.74) is 0. The molecular formula is C73H110O6. The van der Waals surface area contributed by atoms with E-state index in [1.165, 1.54) is 19.3 Å². The van der Waals surface area contributed by atoms with Gasteiger partial charge in [-0.15, -0.1) is 0 Å². The van der Waals surface area contributed by atoms with E-state index < -0.39 is 6.10 Å². The third-order valence-electron chi connectivity index (χ3n) is 12.1. The number of ether oxygens (including phenoxy) is 3. The van der Waals surface area contributed by atoms with Gasteiger partial charge >= 0.3 is 17.9 Å². The van der Waals surface area contributed by atoms with Gasteiger partial charge in [-0.2, -0.15) is 0 Å². The molecule has 0 aromatic carbocycles. The molecule has 6 heteroatoms. The van der Waals surface area contributed by atoms with Crippen molar-refractivity contribution in [3.8, 4) is 0 Å². The van der Waals surface area contributed by atoms with Crippen LogP contribution in [0, 0.1) is 0 Å². The molecule has 438 valence electrons. The third-order valence-corrected chi connectivity index (χ3v) is 12.1. The summed E-state index contributed by atoms with van der Waals surface area (Å²) >= 11 is 0. The second-order valence-electron chi connectivity index (χ2n) is 19.5. The monoisotopic (exact) mass is 1080 g/mol. The van der Waals surface area contributed by atoms with Gasteiger partial charge in [0.15, 0.2) is 6.10 Å². The number of esters is 3. The first kappa shape index (κ1) is 73.2. The Bertz CT molecular complexity index is 1920. The number of rotatable bonds is 53. The van der Waals surface area contributed by atoms with Gasteiger partial charge in [-0.05, 0) is 154 Å². The molecule has 0 saturated heterocycles. The van der Waals surface area contributed by atoms with Crippen LogP contribution >= 0.6 is 0 Å². The van der Waals surface area contributed by atoms with E-state index in [9.17, 15) is 14.4 Å². The highest BCUT2D eigenvalue weighted by atomic mass is 16.6. The zero-order chi connectivity index (χ0) is 57.1. The van der Waals surface area contributed by atoms with E-state index in [0.717, 1.165) is 154 Å². The van der Waals surface area contributed by atoms with Gasteiger partial charge in [-0.25, -0.2) is 0 Å². The summed E-state index contributed by atoms with van der Waals surface area (Å²) in [4.78, 5) is 38.3. The molecule has 0 bridgehead atoms. The van der Waals surface area contributed by atoms with Crippen LogP contribution in [0.3, 0.4) is 0 Å². The van der Waals surface area contributed by atoms with E-state index in [2.05, 4.69) is 215 Å². The topological polar surface area (TPSA) is 78.9 Å². The van der Waals surface area contributed by atoms with Gasteiger partial charge in [0.1, 0.15) is 13.2 Å². The van der Waals surface area contributed by atoms with Crippen LogP contribution in [0.4, 0.5) is 0 Å². The summed E-state index contributed by atoms with van der Waals surface area (Å²) in [6.07, 6.45) is 98.6. The van der Waals surface area contributed by atoms with Crippen molar-refractivity contribution in [2.45, 2.75) is 232 Å². The Morgan fingerprint density at radius 2 is 0.468 bits per heavy atom. The highest BCUT2D eigenvalue weighted by Gasteiger charge is 2.19. The largest absolute Gasteiger partial charge is 0.462 e. The van der Waals surface area contributed by atoms with Crippen molar-refractivity contribution < 1.29 is 28.6 Å². The van der Waals surface area contributed by atoms with Gasteiger partial charge in [0.2, 0.25) is 0 Å². The second-order valence-corrected chi connectivity index (χ2v) is 19.5. The molecule has 0 aliphatic carbocycles. The molecule has 0 aliphatic rings. The maximum Gasteiger partial charge on any atom is 0.306 e. The predicted molar refractivity (Wildman–Crippen MR) is 343 cm³/mol. The zero-order valence-electron chi connectivity index (χ0n) is 50.0.